The van der Waals surface area contributed by atoms with E-state index in [9.17, 15) is 9.18 Å². The van der Waals surface area contributed by atoms with Gasteiger partial charge in [0, 0.05) is 25.2 Å². The molecule has 0 fully saturated rings. The van der Waals surface area contributed by atoms with Gasteiger partial charge in [0.15, 0.2) is 5.65 Å². The summed E-state index contributed by atoms with van der Waals surface area (Å²) in [6.07, 6.45) is 4.56. The predicted octanol–water partition coefficient (Wildman–Crippen LogP) is 3.05. The first-order chi connectivity index (χ1) is 12.6. The SMILES string of the molecule is CNc1cnn2ccc(N[C@H](C)c3cc(F)ccc3OCCC=O)nc12. The molecule has 26 heavy (non-hydrogen) atoms. The Morgan fingerprint density at radius 3 is 3.00 bits per heavy atom. The number of nitrogens with zero attached hydrogens (tertiary/aromatic N) is 3. The van der Waals surface area contributed by atoms with E-state index in [0.717, 1.165) is 12.0 Å². The van der Waals surface area contributed by atoms with Crippen molar-refractivity contribution in [2.45, 2.75) is 19.4 Å². The minimum Gasteiger partial charge on any atom is -0.493 e. The molecule has 1 atom stereocenters. The zero-order valence-electron chi connectivity index (χ0n) is 14.6. The van der Waals surface area contributed by atoms with Crippen LogP contribution in [-0.4, -0.2) is 34.5 Å². The maximum atomic E-state index is 13.7. The second kappa shape index (κ2) is 7.81. The minimum absolute atomic E-state index is 0.250. The first-order valence-corrected chi connectivity index (χ1v) is 8.27. The average molecular weight is 357 g/mol. The van der Waals surface area contributed by atoms with Crippen LogP contribution in [0.1, 0.15) is 24.9 Å². The number of anilines is 2. The van der Waals surface area contributed by atoms with Crippen molar-refractivity contribution in [3.8, 4) is 5.75 Å². The highest BCUT2D eigenvalue weighted by Crippen LogP contribution is 2.29. The second-order valence-electron chi connectivity index (χ2n) is 5.74. The number of carbonyl (C=O) groups is 1. The number of benzene rings is 1. The first-order valence-electron chi connectivity index (χ1n) is 8.27. The van der Waals surface area contributed by atoms with Crippen LogP contribution in [0.3, 0.4) is 0 Å². The smallest absolute Gasteiger partial charge is 0.180 e. The Bertz CT molecular complexity index is 912. The summed E-state index contributed by atoms with van der Waals surface area (Å²) in [6, 6.07) is 5.86. The minimum atomic E-state index is -0.354. The highest BCUT2D eigenvalue weighted by Gasteiger charge is 2.15. The number of halogens is 1. The topological polar surface area (TPSA) is 80.5 Å². The molecule has 2 N–H and O–H groups in total. The molecule has 136 valence electrons. The van der Waals surface area contributed by atoms with Crippen LogP contribution in [0.15, 0.2) is 36.7 Å². The predicted molar refractivity (Wildman–Crippen MR) is 97.1 cm³/mol. The summed E-state index contributed by atoms with van der Waals surface area (Å²) in [4.78, 5) is 15.0. The molecule has 7 nitrogen and oxygen atoms in total. The monoisotopic (exact) mass is 357 g/mol. The number of ether oxygens (including phenoxy) is 1. The third-order valence-corrected chi connectivity index (χ3v) is 3.93. The van der Waals surface area contributed by atoms with Gasteiger partial charge in [-0.1, -0.05) is 0 Å². The van der Waals surface area contributed by atoms with Crippen LogP contribution in [-0.2, 0) is 4.79 Å². The highest BCUT2D eigenvalue weighted by atomic mass is 19.1. The molecule has 1 aromatic carbocycles. The Morgan fingerprint density at radius 1 is 1.38 bits per heavy atom. The molecule has 0 aliphatic carbocycles. The van der Waals surface area contributed by atoms with Crippen molar-refractivity contribution in [2.75, 3.05) is 24.3 Å². The van der Waals surface area contributed by atoms with Gasteiger partial charge >= 0.3 is 0 Å². The van der Waals surface area contributed by atoms with Crippen LogP contribution in [0.2, 0.25) is 0 Å². The number of aldehydes is 1. The van der Waals surface area contributed by atoms with Crippen molar-refractivity contribution in [1.82, 2.24) is 14.6 Å². The van der Waals surface area contributed by atoms with E-state index < -0.39 is 0 Å². The Balaban J connectivity index is 1.84. The lowest BCUT2D eigenvalue weighted by Gasteiger charge is -2.19. The van der Waals surface area contributed by atoms with Gasteiger partial charge in [-0.05, 0) is 31.2 Å². The van der Waals surface area contributed by atoms with E-state index in [1.807, 2.05) is 6.92 Å². The van der Waals surface area contributed by atoms with E-state index >= 15 is 0 Å². The summed E-state index contributed by atoms with van der Waals surface area (Å²) in [5, 5.41) is 10.5. The van der Waals surface area contributed by atoms with Crippen molar-refractivity contribution in [1.29, 1.82) is 0 Å². The van der Waals surface area contributed by atoms with Gasteiger partial charge in [-0.2, -0.15) is 5.10 Å². The van der Waals surface area contributed by atoms with Gasteiger partial charge in [-0.25, -0.2) is 13.9 Å². The normalized spacial score (nSPS) is 12.0. The number of carbonyl (C=O) groups excluding carboxylic acids is 1. The number of hydrogen-bond acceptors (Lipinski definition) is 6. The van der Waals surface area contributed by atoms with Crippen LogP contribution in [0.5, 0.6) is 5.75 Å². The Kier molecular flexibility index (Phi) is 5.31. The van der Waals surface area contributed by atoms with Gasteiger partial charge in [0.2, 0.25) is 0 Å². The molecule has 0 aliphatic heterocycles. The fourth-order valence-electron chi connectivity index (χ4n) is 2.63. The quantitative estimate of drug-likeness (QED) is 0.476. The molecule has 3 rings (SSSR count). The average Bonchev–Trinajstić information content (AvgIpc) is 3.05. The molecule has 0 amide bonds. The van der Waals surface area contributed by atoms with E-state index in [1.54, 1.807) is 36.1 Å². The fourth-order valence-corrected chi connectivity index (χ4v) is 2.63. The van der Waals surface area contributed by atoms with Crippen molar-refractivity contribution >= 4 is 23.4 Å². The largest absolute Gasteiger partial charge is 0.493 e. The van der Waals surface area contributed by atoms with Gasteiger partial charge in [0.1, 0.15) is 23.7 Å². The van der Waals surface area contributed by atoms with Crippen molar-refractivity contribution in [3.05, 3.63) is 48.0 Å². The highest BCUT2D eigenvalue weighted by molar-refractivity contribution is 5.67. The van der Waals surface area contributed by atoms with Gasteiger partial charge in [-0.15, -0.1) is 0 Å². The number of nitrogens with one attached hydrogen (secondary N) is 2. The Morgan fingerprint density at radius 2 is 2.23 bits per heavy atom. The summed E-state index contributed by atoms with van der Waals surface area (Å²) in [6.45, 7) is 2.14. The molecule has 0 bridgehead atoms. The summed E-state index contributed by atoms with van der Waals surface area (Å²) >= 11 is 0. The van der Waals surface area contributed by atoms with E-state index in [1.165, 1.54) is 12.1 Å². The molecule has 0 saturated heterocycles. The van der Waals surface area contributed by atoms with Crippen molar-refractivity contribution < 1.29 is 13.9 Å². The Hall–Kier alpha value is -3.16. The summed E-state index contributed by atoms with van der Waals surface area (Å²) < 4.78 is 21.0. The second-order valence-corrected chi connectivity index (χ2v) is 5.74. The zero-order chi connectivity index (χ0) is 18.5. The summed E-state index contributed by atoms with van der Waals surface area (Å²) in [7, 11) is 1.80. The van der Waals surface area contributed by atoms with E-state index in [0.29, 0.717) is 22.8 Å². The van der Waals surface area contributed by atoms with Gasteiger partial charge < -0.3 is 20.2 Å². The third kappa shape index (κ3) is 3.74. The molecule has 0 radical (unpaired) electrons. The van der Waals surface area contributed by atoms with Gasteiger partial charge in [0.05, 0.1) is 24.5 Å². The van der Waals surface area contributed by atoms with Gasteiger partial charge in [0.25, 0.3) is 0 Å². The number of hydrogen-bond donors (Lipinski definition) is 2. The number of aromatic nitrogens is 3. The van der Waals surface area contributed by atoms with Crippen LogP contribution in [0.4, 0.5) is 15.9 Å². The Labute approximate surface area is 150 Å². The molecular formula is C18H20FN5O2. The van der Waals surface area contributed by atoms with Crippen LogP contribution < -0.4 is 15.4 Å². The third-order valence-electron chi connectivity index (χ3n) is 3.93. The standard InChI is InChI=1S/C18H20FN5O2/c1-12(14-10-13(19)4-5-16(14)26-9-3-8-25)22-17-6-7-24-18(23-17)15(20-2)11-21-24/h4-8,10-12,20H,3,9H2,1-2H3,(H,22,23)/t12-/m1/s1. The van der Waals surface area contributed by atoms with Crippen LogP contribution in [0.25, 0.3) is 5.65 Å². The summed E-state index contributed by atoms with van der Waals surface area (Å²) in [5.74, 6) is 0.813. The molecular weight excluding hydrogens is 337 g/mol. The molecule has 2 aromatic heterocycles. The van der Waals surface area contributed by atoms with Crippen LogP contribution >= 0.6 is 0 Å². The van der Waals surface area contributed by atoms with Crippen molar-refractivity contribution in [2.24, 2.45) is 0 Å². The number of fused-ring (bicyclic) bond motifs is 1. The lowest BCUT2D eigenvalue weighted by Crippen LogP contribution is -2.11. The zero-order valence-corrected chi connectivity index (χ0v) is 14.6. The van der Waals surface area contributed by atoms with Crippen LogP contribution in [0, 0.1) is 5.82 Å². The molecule has 0 unspecified atom stereocenters. The van der Waals surface area contributed by atoms with Crippen molar-refractivity contribution in [3.63, 3.8) is 0 Å². The lowest BCUT2D eigenvalue weighted by atomic mass is 10.1. The lowest BCUT2D eigenvalue weighted by molar-refractivity contribution is -0.108. The number of rotatable bonds is 8. The summed E-state index contributed by atoms with van der Waals surface area (Å²) in [5.41, 5.74) is 2.15. The first kappa shape index (κ1) is 17.7. The molecule has 8 heteroatoms. The van der Waals surface area contributed by atoms with E-state index in [-0.39, 0.29) is 24.9 Å². The van der Waals surface area contributed by atoms with E-state index in [4.69, 9.17) is 4.74 Å². The molecule has 3 aromatic rings. The molecule has 2 heterocycles. The molecule has 0 spiro atoms. The van der Waals surface area contributed by atoms with Gasteiger partial charge in [-0.3, -0.25) is 0 Å². The maximum absolute atomic E-state index is 13.7. The molecule has 0 saturated carbocycles. The fraction of sp³-hybridized carbons (Fsp3) is 0.278. The van der Waals surface area contributed by atoms with E-state index in [2.05, 4.69) is 20.7 Å². The maximum Gasteiger partial charge on any atom is 0.180 e. The molecule has 0 aliphatic rings.